The minimum absolute atomic E-state index is 0.00168. The molecule has 4 rings (SSSR count). The van der Waals surface area contributed by atoms with Crippen LogP contribution in [0.3, 0.4) is 0 Å². The van der Waals surface area contributed by atoms with Gasteiger partial charge in [0.25, 0.3) is 0 Å². The lowest BCUT2D eigenvalue weighted by molar-refractivity contribution is -0.152. The number of ether oxygens (including phenoxy) is 1. The zero-order valence-electron chi connectivity index (χ0n) is 13.6. The molecule has 0 unspecified atom stereocenters. The van der Waals surface area contributed by atoms with E-state index in [4.69, 9.17) is 4.74 Å². The summed E-state index contributed by atoms with van der Waals surface area (Å²) in [6.45, 7) is 1.73. The minimum Gasteiger partial charge on any atom is -0.368 e. The van der Waals surface area contributed by atoms with E-state index in [0.717, 1.165) is 32.1 Å². The molecule has 0 radical (unpaired) electrons. The van der Waals surface area contributed by atoms with Crippen molar-refractivity contribution in [3.8, 4) is 0 Å². The van der Waals surface area contributed by atoms with E-state index in [0.29, 0.717) is 0 Å². The smallest absolute Gasteiger partial charge is 0.246 e. The number of carbonyl (C=O) groups excluding carboxylic acids is 2. The van der Waals surface area contributed by atoms with Gasteiger partial charge in [-0.2, -0.15) is 0 Å². The van der Waals surface area contributed by atoms with Crippen molar-refractivity contribution in [1.82, 2.24) is 10.6 Å². The van der Waals surface area contributed by atoms with E-state index in [1.165, 1.54) is 32.1 Å². The molecule has 4 aliphatic rings. The van der Waals surface area contributed by atoms with Crippen LogP contribution in [0.25, 0.3) is 0 Å². The van der Waals surface area contributed by atoms with Crippen LogP contribution >= 0.6 is 0 Å². The standard InChI is InChI=1S/C17H28N2O3/c1-13(20)18-16-10-17(11-16,12-16)19-15(21)9-22-14-7-5-3-2-4-6-8-14/h14H,2-12H2,1H3,(H,18,20)(H,19,21). The second-order valence-electron chi connectivity index (χ2n) is 7.60. The lowest BCUT2D eigenvalue weighted by Crippen LogP contribution is -2.83. The summed E-state index contributed by atoms with van der Waals surface area (Å²) in [5.41, 5.74) is -0.0939. The Morgan fingerprint density at radius 2 is 1.50 bits per heavy atom. The van der Waals surface area contributed by atoms with Gasteiger partial charge in [0, 0.05) is 18.0 Å². The summed E-state index contributed by atoms with van der Waals surface area (Å²) in [6, 6.07) is 0. The van der Waals surface area contributed by atoms with Gasteiger partial charge in [-0.05, 0) is 32.1 Å². The Bertz CT molecular complexity index is 421. The second kappa shape index (κ2) is 6.19. The van der Waals surface area contributed by atoms with Crippen molar-refractivity contribution in [3.05, 3.63) is 0 Å². The summed E-state index contributed by atoms with van der Waals surface area (Å²) >= 11 is 0. The third kappa shape index (κ3) is 3.45. The minimum atomic E-state index is -0.0656. The van der Waals surface area contributed by atoms with Gasteiger partial charge < -0.3 is 15.4 Å². The fourth-order valence-corrected chi connectivity index (χ4v) is 4.54. The number of hydrogen-bond donors (Lipinski definition) is 2. The maximum Gasteiger partial charge on any atom is 0.246 e. The van der Waals surface area contributed by atoms with Crippen molar-refractivity contribution in [2.45, 2.75) is 88.3 Å². The van der Waals surface area contributed by atoms with Crippen molar-refractivity contribution < 1.29 is 14.3 Å². The molecule has 4 fully saturated rings. The highest BCUT2D eigenvalue weighted by Gasteiger charge is 2.69. The highest BCUT2D eigenvalue weighted by molar-refractivity contribution is 5.80. The fourth-order valence-electron chi connectivity index (χ4n) is 4.54. The van der Waals surface area contributed by atoms with Crippen LogP contribution in [0.4, 0.5) is 0 Å². The number of rotatable bonds is 5. The molecule has 5 nitrogen and oxygen atoms in total. The predicted octanol–water partition coefficient (Wildman–Crippen LogP) is 2.04. The quantitative estimate of drug-likeness (QED) is 0.817. The van der Waals surface area contributed by atoms with Gasteiger partial charge in [0.15, 0.2) is 0 Å². The maximum atomic E-state index is 12.1. The predicted molar refractivity (Wildman–Crippen MR) is 83.3 cm³/mol. The Balaban J connectivity index is 1.35. The molecule has 4 saturated carbocycles. The highest BCUT2D eigenvalue weighted by atomic mass is 16.5. The van der Waals surface area contributed by atoms with Crippen LogP contribution in [-0.4, -0.2) is 35.6 Å². The van der Waals surface area contributed by atoms with Gasteiger partial charge in [0.2, 0.25) is 11.8 Å². The first-order valence-electron chi connectivity index (χ1n) is 8.72. The summed E-state index contributed by atoms with van der Waals surface area (Å²) in [7, 11) is 0. The van der Waals surface area contributed by atoms with Crippen LogP contribution in [-0.2, 0) is 14.3 Å². The Kier molecular flexibility index (Phi) is 4.44. The molecule has 0 heterocycles. The van der Waals surface area contributed by atoms with Gasteiger partial charge >= 0.3 is 0 Å². The third-order valence-electron chi connectivity index (χ3n) is 5.38. The third-order valence-corrected chi connectivity index (χ3v) is 5.38. The first-order valence-corrected chi connectivity index (χ1v) is 8.72. The largest absolute Gasteiger partial charge is 0.368 e. The monoisotopic (exact) mass is 308 g/mol. The van der Waals surface area contributed by atoms with Gasteiger partial charge in [0.05, 0.1) is 6.10 Å². The molecule has 0 aromatic carbocycles. The van der Waals surface area contributed by atoms with E-state index in [-0.39, 0.29) is 35.6 Å². The Hall–Kier alpha value is -1.10. The number of hydrogen-bond acceptors (Lipinski definition) is 3. The molecule has 0 aromatic rings. The van der Waals surface area contributed by atoms with Crippen LogP contribution in [0.2, 0.25) is 0 Å². The first-order chi connectivity index (χ1) is 10.5. The maximum absolute atomic E-state index is 12.1. The molecule has 5 heteroatoms. The molecule has 0 atom stereocenters. The van der Waals surface area contributed by atoms with E-state index < -0.39 is 0 Å². The molecule has 2 amide bonds. The molecule has 0 aliphatic heterocycles. The van der Waals surface area contributed by atoms with Crippen LogP contribution in [0.1, 0.15) is 71.1 Å². The zero-order chi connectivity index (χ0) is 15.6. The molecule has 0 spiro atoms. The topological polar surface area (TPSA) is 67.4 Å². The molecular formula is C17H28N2O3. The lowest BCUT2D eigenvalue weighted by Gasteiger charge is -2.70. The lowest BCUT2D eigenvalue weighted by atomic mass is 9.44. The van der Waals surface area contributed by atoms with Crippen molar-refractivity contribution in [3.63, 3.8) is 0 Å². The molecule has 0 saturated heterocycles. The van der Waals surface area contributed by atoms with Gasteiger partial charge in [0.1, 0.15) is 6.61 Å². The summed E-state index contributed by atoms with van der Waals surface area (Å²) in [5, 5.41) is 6.10. The first kappa shape index (κ1) is 15.8. The molecule has 22 heavy (non-hydrogen) atoms. The van der Waals surface area contributed by atoms with Gasteiger partial charge in [-0.3, -0.25) is 9.59 Å². The van der Waals surface area contributed by atoms with Gasteiger partial charge in [-0.15, -0.1) is 0 Å². The van der Waals surface area contributed by atoms with E-state index in [9.17, 15) is 9.59 Å². The molecule has 4 aliphatic carbocycles. The average Bonchev–Trinajstić information content (AvgIpc) is 2.33. The number of carbonyl (C=O) groups is 2. The Morgan fingerprint density at radius 1 is 0.955 bits per heavy atom. The van der Waals surface area contributed by atoms with Crippen molar-refractivity contribution in [1.29, 1.82) is 0 Å². The fraction of sp³-hybridized carbons (Fsp3) is 0.882. The van der Waals surface area contributed by atoms with Crippen LogP contribution in [0.5, 0.6) is 0 Å². The van der Waals surface area contributed by atoms with Crippen molar-refractivity contribution in [2.24, 2.45) is 0 Å². The van der Waals surface area contributed by atoms with Crippen molar-refractivity contribution in [2.75, 3.05) is 6.61 Å². The Morgan fingerprint density at radius 3 is 2.09 bits per heavy atom. The summed E-state index contributed by atoms with van der Waals surface area (Å²) in [5.74, 6) is 0.0189. The van der Waals surface area contributed by atoms with E-state index in [1.807, 2.05) is 0 Å². The second-order valence-corrected chi connectivity index (χ2v) is 7.60. The van der Waals surface area contributed by atoms with Crippen LogP contribution in [0.15, 0.2) is 0 Å². The molecular weight excluding hydrogens is 280 g/mol. The van der Waals surface area contributed by atoms with E-state index in [1.54, 1.807) is 6.92 Å². The van der Waals surface area contributed by atoms with Gasteiger partial charge in [-0.1, -0.05) is 32.1 Å². The molecule has 0 aromatic heterocycles. The molecule has 2 bridgehead atoms. The molecule has 2 N–H and O–H groups in total. The normalized spacial score (nSPS) is 34.6. The number of nitrogens with one attached hydrogen (secondary N) is 2. The number of amides is 2. The summed E-state index contributed by atoms with van der Waals surface area (Å²) in [4.78, 5) is 23.2. The van der Waals surface area contributed by atoms with E-state index >= 15 is 0 Å². The van der Waals surface area contributed by atoms with Crippen molar-refractivity contribution >= 4 is 11.8 Å². The molecule has 124 valence electrons. The van der Waals surface area contributed by atoms with Crippen LogP contribution < -0.4 is 10.6 Å². The summed E-state index contributed by atoms with van der Waals surface area (Å²) in [6.07, 6.45) is 11.4. The summed E-state index contributed by atoms with van der Waals surface area (Å²) < 4.78 is 5.82. The van der Waals surface area contributed by atoms with Crippen LogP contribution in [0, 0.1) is 0 Å². The van der Waals surface area contributed by atoms with E-state index in [2.05, 4.69) is 10.6 Å². The highest BCUT2D eigenvalue weighted by Crippen LogP contribution is 2.60. The average molecular weight is 308 g/mol. The zero-order valence-corrected chi connectivity index (χ0v) is 13.6. The SMILES string of the molecule is CC(=O)NC12CC(NC(=O)COC3CCCCCCC3)(C1)C2. The Labute approximate surface area is 132 Å². The van der Waals surface area contributed by atoms with Gasteiger partial charge in [-0.25, -0.2) is 0 Å².